The quantitative estimate of drug-likeness (QED) is 0.346. The zero-order valence-corrected chi connectivity index (χ0v) is 4.78. The largest absolute Gasteiger partial charge is 1.00 e. The summed E-state index contributed by atoms with van der Waals surface area (Å²) in [6.07, 6.45) is 0. The highest BCUT2D eigenvalue weighted by Gasteiger charge is 1.94. The molecule has 0 aromatic rings. The molecule has 0 aromatic heterocycles. The molecule has 7 heavy (non-hydrogen) atoms. The van der Waals surface area contributed by atoms with E-state index in [0.717, 1.165) is 26.4 Å². The van der Waals surface area contributed by atoms with Crippen LogP contribution in [0.4, 0.5) is 0 Å². The van der Waals surface area contributed by atoms with E-state index >= 15 is 0 Å². The smallest absolute Gasteiger partial charge is 1.00 e. The van der Waals surface area contributed by atoms with Crippen LogP contribution >= 0.6 is 0 Å². The third kappa shape index (κ3) is 2.85. The van der Waals surface area contributed by atoms with Crippen molar-refractivity contribution >= 4 is 0 Å². The van der Waals surface area contributed by atoms with Gasteiger partial charge in [0.15, 0.2) is 0 Å². The predicted molar refractivity (Wildman–Crippen MR) is 22.7 cm³/mol. The van der Waals surface area contributed by atoms with Crippen molar-refractivity contribution < 1.29 is 23.3 Å². The van der Waals surface area contributed by atoms with Crippen molar-refractivity contribution in [1.82, 2.24) is 0 Å². The molecule has 0 bridgehead atoms. The summed E-state index contributed by atoms with van der Waals surface area (Å²) in [5.41, 5.74) is 0. The van der Waals surface area contributed by atoms with E-state index in [0.29, 0.717) is 0 Å². The molecule has 0 spiro atoms. The highest BCUT2D eigenvalue weighted by molar-refractivity contribution is 4.37. The third-order valence-corrected chi connectivity index (χ3v) is 0.744. The summed E-state index contributed by atoms with van der Waals surface area (Å²) in [5, 5.41) is 0. The third-order valence-electron chi connectivity index (χ3n) is 0.744. The van der Waals surface area contributed by atoms with Gasteiger partial charge in [0.1, 0.15) is 0 Å². The lowest BCUT2D eigenvalue weighted by molar-refractivity contribution is -0.0334. The molecule has 0 N–H and O–H groups in total. The SMILES string of the molecule is C1COCCO1.[Cl-].[H+]. The van der Waals surface area contributed by atoms with Crippen molar-refractivity contribution in [3.63, 3.8) is 0 Å². The van der Waals surface area contributed by atoms with Crippen LogP contribution in [0.5, 0.6) is 0 Å². The van der Waals surface area contributed by atoms with E-state index in [1.165, 1.54) is 0 Å². The second kappa shape index (κ2) is 4.37. The van der Waals surface area contributed by atoms with Crippen molar-refractivity contribution in [1.29, 1.82) is 0 Å². The van der Waals surface area contributed by atoms with Crippen LogP contribution in [0.25, 0.3) is 0 Å². The first kappa shape index (κ1) is 7.21. The lowest BCUT2D eigenvalue weighted by Crippen LogP contribution is -3.00. The summed E-state index contributed by atoms with van der Waals surface area (Å²) in [5.74, 6) is 0. The van der Waals surface area contributed by atoms with Gasteiger partial charge in [0.25, 0.3) is 0 Å². The molecule has 1 saturated heterocycles. The molecule has 2 nitrogen and oxygen atoms in total. The number of hydrogen-bond donors (Lipinski definition) is 0. The Morgan fingerprint density at radius 3 is 1.29 bits per heavy atom. The van der Waals surface area contributed by atoms with E-state index in [2.05, 4.69) is 0 Å². The van der Waals surface area contributed by atoms with Crippen LogP contribution < -0.4 is 12.4 Å². The van der Waals surface area contributed by atoms with Crippen LogP contribution in [-0.2, 0) is 9.47 Å². The van der Waals surface area contributed by atoms with Crippen LogP contribution in [0.15, 0.2) is 0 Å². The minimum absolute atomic E-state index is 0. The van der Waals surface area contributed by atoms with Gasteiger partial charge < -0.3 is 21.9 Å². The Kier molecular flexibility index (Phi) is 4.50. The molecule has 1 heterocycles. The van der Waals surface area contributed by atoms with Gasteiger partial charge >= 0.3 is 1.43 Å². The molecular formula is C4H9ClO2. The Morgan fingerprint density at radius 2 is 1.14 bits per heavy atom. The molecule has 1 aliphatic heterocycles. The van der Waals surface area contributed by atoms with Crippen molar-refractivity contribution in [3.8, 4) is 0 Å². The molecule has 0 amide bonds. The summed E-state index contributed by atoms with van der Waals surface area (Å²) in [6.45, 7) is 3.11. The maximum atomic E-state index is 4.94. The van der Waals surface area contributed by atoms with E-state index in [9.17, 15) is 0 Å². The Morgan fingerprint density at radius 1 is 0.857 bits per heavy atom. The number of ether oxygens (including phenoxy) is 2. The van der Waals surface area contributed by atoms with Gasteiger partial charge in [-0.25, -0.2) is 0 Å². The van der Waals surface area contributed by atoms with Gasteiger partial charge in [0.05, 0.1) is 26.4 Å². The van der Waals surface area contributed by atoms with Crippen molar-refractivity contribution in [3.05, 3.63) is 0 Å². The van der Waals surface area contributed by atoms with E-state index in [1.807, 2.05) is 0 Å². The first-order chi connectivity index (χ1) is 3.00. The standard InChI is InChI=1S/C4H8O2.ClH/c1-2-6-4-3-5-1;/h1-4H2;1H. The van der Waals surface area contributed by atoms with Crippen LogP contribution in [0.1, 0.15) is 1.43 Å². The maximum absolute atomic E-state index is 4.94. The zero-order valence-electron chi connectivity index (χ0n) is 5.02. The Bertz CT molecular complexity index is 29.5. The zero-order chi connectivity index (χ0) is 4.24. The Balaban J connectivity index is 0. The maximum Gasteiger partial charge on any atom is 1.00 e. The molecular weight excluding hydrogens is 115 g/mol. The molecule has 1 aliphatic rings. The van der Waals surface area contributed by atoms with Gasteiger partial charge in [0, 0.05) is 0 Å². The van der Waals surface area contributed by atoms with Crippen molar-refractivity contribution in [2.45, 2.75) is 0 Å². The lowest BCUT2D eigenvalue weighted by atomic mass is 10.6. The van der Waals surface area contributed by atoms with Gasteiger partial charge in [-0.15, -0.1) is 0 Å². The van der Waals surface area contributed by atoms with Crippen LogP contribution in [0, 0.1) is 0 Å². The van der Waals surface area contributed by atoms with E-state index in [-0.39, 0.29) is 13.8 Å². The van der Waals surface area contributed by atoms with Gasteiger partial charge in [-0.2, -0.15) is 0 Å². The Hall–Kier alpha value is 0.210. The van der Waals surface area contributed by atoms with Crippen LogP contribution in [0.2, 0.25) is 0 Å². The Labute approximate surface area is 50.7 Å². The molecule has 0 radical (unpaired) electrons. The first-order valence-corrected chi connectivity index (χ1v) is 2.15. The fraction of sp³-hybridized carbons (Fsp3) is 1.00. The molecule has 1 rings (SSSR count). The van der Waals surface area contributed by atoms with E-state index in [1.54, 1.807) is 0 Å². The summed E-state index contributed by atoms with van der Waals surface area (Å²) in [6, 6.07) is 0. The summed E-state index contributed by atoms with van der Waals surface area (Å²) >= 11 is 0. The molecule has 44 valence electrons. The first-order valence-electron chi connectivity index (χ1n) is 2.15. The van der Waals surface area contributed by atoms with Crippen LogP contribution in [-0.4, -0.2) is 26.4 Å². The number of rotatable bonds is 0. The monoisotopic (exact) mass is 124 g/mol. The lowest BCUT2D eigenvalue weighted by Gasteiger charge is -2.09. The second-order valence-corrected chi connectivity index (χ2v) is 1.22. The van der Waals surface area contributed by atoms with Crippen molar-refractivity contribution in [2.75, 3.05) is 26.4 Å². The molecule has 0 atom stereocenters. The predicted octanol–water partition coefficient (Wildman–Crippen LogP) is -2.85. The topological polar surface area (TPSA) is 18.5 Å². The molecule has 0 unspecified atom stereocenters. The molecule has 3 heteroatoms. The average Bonchev–Trinajstić information content (AvgIpc) is 1.72. The summed E-state index contributed by atoms with van der Waals surface area (Å²) in [7, 11) is 0. The normalized spacial score (nSPS) is 20.6. The summed E-state index contributed by atoms with van der Waals surface area (Å²) < 4.78 is 9.89. The van der Waals surface area contributed by atoms with Gasteiger partial charge in [-0.05, 0) is 0 Å². The van der Waals surface area contributed by atoms with Crippen molar-refractivity contribution in [2.24, 2.45) is 0 Å². The average molecular weight is 125 g/mol. The molecule has 0 aromatic carbocycles. The van der Waals surface area contributed by atoms with E-state index in [4.69, 9.17) is 9.47 Å². The minimum Gasteiger partial charge on any atom is -1.00 e. The van der Waals surface area contributed by atoms with E-state index < -0.39 is 0 Å². The summed E-state index contributed by atoms with van der Waals surface area (Å²) in [4.78, 5) is 0. The van der Waals surface area contributed by atoms with Crippen LogP contribution in [0.3, 0.4) is 0 Å². The fourth-order valence-electron chi connectivity index (χ4n) is 0.440. The van der Waals surface area contributed by atoms with Gasteiger partial charge in [-0.3, -0.25) is 0 Å². The number of hydrogen-bond acceptors (Lipinski definition) is 2. The van der Waals surface area contributed by atoms with Gasteiger partial charge in [-0.1, -0.05) is 0 Å². The van der Waals surface area contributed by atoms with Gasteiger partial charge in [0.2, 0.25) is 0 Å². The highest BCUT2D eigenvalue weighted by Crippen LogP contribution is 1.85. The highest BCUT2D eigenvalue weighted by atomic mass is 35.5. The molecule has 1 fully saturated rings. The second-order valence-electron chi connectivity index (χ2n) is 1.22. The number of halogens is 1. The minimum atomic E-state index is 0. The molecule has 0 aliphatic carbocycles. The fourth-order valence-corrected chi connectivity index (χ4v) is 0.440. The molecule has 0 saturated carbocycles.